The molecule has 1 saturated heterocycles. The second-order valence-corrected chi connectivity index (χ2v) is 7.60. The fourth-order valence-electron chi connectivity index (χ4n) is 2.32. The van der Waals surface area contributed by atoms with E-state index in [0.29, 0.717) is 12.5 Å². The van der Waals surface area contributed by atoms with E-state index in [9.17, 15) is 12.8 Å². The highest BCUT2D eigenvalue weighted by molar-refractivity contribution is 9.10. The van der Waals surface area contributed by atoms with Crippen LogP contribution in [0.5, 0.6) is 0 Å². The van der Waals surface area contributed by atoms with E-state index < -0.39 is 15.8 Å². The number of sulfonamides is 1. The van der Waals surface area contributed by atoms with Gasteiger partial charge in [0.25, 0.3) is 0 Å². The Hall–Kier alpha value is -0.500. The lowest BCUT2D eigenvalue weighted by molar-refractivity contribution is 0.342. The minimum Gasteiger partial charge on any atom is -0.303 e. The summed E-state index contributed by atoms with van der Waals surface area (Å²) < 4.78 is 40.4. The monoisotopic (exact) mass is 364 g/mol. The van der Waals surface area contributed by atoms with E-state index >= 15 is 0 Å². The summed E-state index contributed by atoms with van der Waals surface area (Å²) in [5.74, 6) is -0.254. The summed E-state index contributed by atoms with van der Waals surface area (Å²) in [6, 6.07) is 3.82. The number of likely N-dealkylation sites (tertiary alicyclic amines) is 1. The maximum Gasteiger partial charge on any atom is 0.240 e. The van der Waals surface area contributed by atoms with Crippen LogP contribution in [0.3, 0.4) is 0 Å². The normalized spacial score (nSPS) is 20.4. The van der Waals surface area contributed by atoms with Gasteiger partial charge in [-0.3, -0.25) is 0 Å². The molecule has 4 nitrogen and oxygen atoms in total. The minimum absolute atomic E-state index is 0.0384. The third-order valence-electron chi connectivity index (χ3n) is 3.58. The Bertz CT molecular complexity index is 580. The molecule has 1 unspecified atom stereocenters. The molecule has 2 rings (SSSR count). The molecule has 0 radical (unpaired) electrons. The van der Waals surface area contributed by atoms with E-state index in [-0.39, 0.29) is 9.37 Å². The first-order chi connectivity index (χ1) is 9.42. The van der Waals surface area contributed by atoms with Gasteiger partial charge in [0.1, 0.15) is 5.82 Å². The van der Waals surface area contributed by atoms with Crippen molar-refractivity contribution in [1.29, 1.82) is 0 Å². The van der Waals surface area contributed by atoms with Crippen molar-refractivity contribution < 1.29 is 12.8 Å². The molecule has 1 aliphatic rings. The van der Waals surface area contributed by atoms with Crippen LogP contribution < -0.4 is 4.72 Å². The summed E-state index contributed by atoms with van der Waals surface area (Å²) in [7, 11) is -3.64. The molecule has 0 aliphatic carbocycles. The molecule has 1 atom stereocenters. The van der Waals surface area contributed by atoms with E-state index in [4.69, 9.17) is 0 Å². The van der Waals surface area contributed by atoms with Crippen LogP contribution in [-0.2, 0) is 10.0 Å². The van der Waals surface area contributed by atoms with Gasteiger partial charge in [0.15, 0.2) is 0 Å². The third-order valence-corrected chi connectivity index (χ3v) is 5.64. The molecule has 1 aliphatic heterocycles. The van der Waals surface area contributed by atoms with E-state index in [1.807, 2.05) is 0 Å². The molecule has 0 aromatic heterocycles. The van der Waals surface area contributed by atoms with Gasteiger partial charge >= 0.3 is 0 Å². The SMILES string of the molecule is CCN1CCC(CNS(=O)(=O)c2ccc(Br)c(F)c2)C1. The van der Waals surface area contributed by atoms with Crippen LogP contribution in [0, 0.1) is 11.7 Å². The van der Waals surface area contributed by atoms with Crippen LogP contribution in [0.2, 0.25) is 0 Å². The van der Waals surface area contributed by atoms with Gasteiger partial charge < -0.3 is 4.90 Å². The van der Waals surface area contributed by atoms with Crippen molar-refractivity contribution in [3.8, 4) is 0 Å². The highest BCUT2D eigenvalue weighted by atomic mass is 79.9. The molecule has 20 heavy (non-hydrogen) atoms. The molecular weight excluding hydrogens is 347 g/mol. The van der Waals surface area contributed by atoms with Crippen LogP contribution in [0.25, 0.3) is 0 Å². The van der Waals surface area contributed by atoms with Crippen molar-refractivity contribution in [3.63, 3.8) is 0 Å². The highest BCUT2D eigenvalue weighted by Crippen LogP contribution is 2.20. The standard InChI is InChI=1S/C13H18BrFN2O2S/c1-2-17-6-5-10(9-17)8-16-20(18,19)11-3-4-12(14)13(15)7-11/h3-4,7,10,16H,2,5-6,8-9H2,1H3. The van der Waals surface area contributed by atoms with Crippen LogP contribution in [-0.4, -0.2) is 39.5 Å². The Kier molecular flexibility index (Phi) is 5.17. The van der Waals surface area contributed by atoms with Crippen molar-refractivity contribution in [2.24, 2.45) is 5.92 Å². The van der Waals surface area contributed by atoms with Crippen LogP contribution in [0.1, 0.15) is 13.3 Å². The third kappa shape index (κ3) is 3.78. The van der Waals surface area contributed by atoms with Crippen molar-refractivity contribution in [3.05, 3.63) is 28.5 Å². The lowest BCUT2D eigenvalue weighted by Gasteiger charge is -2.14. The Balaban J connectivity index is 1.99. The van der Waals surface area contributed by atoms with Gasteiger partial charge in [-0.2, -0.15) is 0 Å². The Morgan fingerprint density at radius 2 is 2.25 bits per heavy atom. The predicted molar refractivity (Wildman–Crippen MR) is 79.5 cm³/mol. The number of nitrogens with zero attached hydrogens (tertiary/aromatic N) is 1. The average Bonchev–Trinajstić information content (AvgIpc) is 2.87. The average molecular weight is 365 g/mol. The Morgan fingerprint density at radius 1 is 1.50 bits per heavy atom. The van der Waals surface area contributed by atoms with Crippen molar-refractivity contribution in [1.82, 2.24) is 9.62 Å². The molecule has 0 saturated carbocycles. The van der Waals surface area contributed by atoms with Crippen LogP contribution >= 0.6 is 15.9 Å². The van der Waals surface area contributed by atoms with E-state index in [1.54, 1.807) is 0 Å². The molecule has 112 valence electrons. The quantitative estimate of drug-likeness (QED) is 0.871. The summed E-state index contributed by atoms with van der Waals surface area (Å²) in [6.45, 7) is 5.40. The summed E-state index contributed by atoms with van der Waals surface area (Å²) in [6.07, 6.45) is 0.991. The van der Waals surface area contributed by atoms with Gasteiger partial charge in [0, 0.05) is 13.1 Å². The zero-order valence-electron chi connectivity index (χ0n) is 11.3. The number of hydrogen-bond donors (Lipinski definition) is 1. The van der Waals surface area contributed by atoms with Gasteiger partial charge in [-0.15, -0.1) is 0 Å². The molecular formula is C13H18BrFN2O2S. The molecule has 7 heteroatoms. The molecule has 0 bridgehead atoms. The first kappa shape index (κ1) is 15.9. The minimum atomic E-state index is -3.64. The second kappa shape index (κ2) is 6.51. The van der Waals surface area contributed by atoms with Crippen molar-refractivity contribution >= 4 is 26.0 Å². The molecule has 0 amide bonds. The fraction of sp³-hybridized carbons (Fsp3) is 0.538. The number of rotatable bonds is 5. The molecule has 1 aromatic rings. The highest BCUT2D eigenvalue weighted by Gasteiger charge is 2.23. The van der Waals surface area contributed by atoms with Gasteiger partial charge in [-0.25, -0.2) is 17.5 Å². The maximum absolute atomic E-state index is 13.4. The smallest absolute Gasteiger partial charge is 0.240 e. The van der Waals surface area contributed by atoms with Crippen molar-refractivity contribution in [2.75, 3.05) is 26.2 Å². The molecule has 1 N–H and O–H groups in total. The van der Waals surface area contributed by atoms with Crippen molar-refractivity contribution in [2.45, 2.75) is 18.2 Å². The first-order valence-corrected chi connectivity index (χ1v) is 8.87. The van der Waals surface area contributed by atoms with Crippen LogP contribution in [0.4, 0.5) is 4.39 Å². The second-order valence-electron chi connectivity index (χ2n) is 4.98. The maximum atomic E-state index is 13.4. The molecule has 1 aromatic carbocycles. The van der Waals surface area contributed by atoms with Gasteiger partial charge in [-0.05, 0) is 59.6 Å². The van der Waals surface area contributed by atoms with E-state index in [1.165, 1.54) is 12.1 Å². The topological polar surface area (TPSA) is 49.4 Å². The lowest BCUT2D eigenvalue weighted by atomic mass is 10.1. The van der Waals surface area contributed by atoms with Gasteiger partial charge in [-0.1, -0.05) is 6.92 Å². The zero-order chi connectivity index (χ0) is 14.8. The number of halogens is 2. The van der Waals surface area contributed by atoms with E-state index in [2.05, 4.69) is 32.5 Å². The fourth-order valence-corrected chi connectivity index (χ4v) is 3.70. The zero-order valence-corrected chi connectivity index (χ0v) is 13.7. The van der Waals surface area contributed by atoms with E-state index in [0.717, 1.165) is 32.1 Å². The lowest BCUT2D eigenvalue weighted by Crippen LogP contribution is -2.31. The number of hydrogen-bond acceptors (Lipinski definition) is 3. The number of benzene rings is 1. The first-order valence-electron chi connectivity index (χ1n) is 6.59. The largest absolute Gasteiger partial charge is 0.303 e. The summed E-state index contributed by atoms with van der Waals surface area (Å²) in [4.78, 5) is 2.25. The van der Waals surface area contributed by atoms with Gasteiger partial charge in [0.05, 0.1) is 9.37 Å². The Labute approximate surface area is 127 Å². The number of nitrogens with one attached hydrogen (secondary N) is 1. The molecule has 1 heterocycles. The van der Waals surface area contributed by atoms with Gasteiger partial charge in [0.2, 0.25) is 10.0 Å². The predicted octanol–water partition coefficient (Wildman–Crippen LogP) is 2.21. The summed E-state index contributed by atoms with van der Waals surface area (Å²) in [5, 5.41) is 0. The van der Waals surface area contributed by atoms with Crippen LogP contribution in [0.15, 0.2) is 27.6 Å². The summed E-state index contributed by atoms with van der Waals surface area (Å²) in [5.41, 5.74) is 0. The summed E-state index contributed by atoms with van der Waals surface area (Å²) >= 11 is 3.01. The molecule has 0 spiro atoms. The Morgan fingerprint density at radius 3 is 2.85 bits per heavy atom. The molecule has 1 fully saturated rings.